The first kappa shape index (κ1) is 31.0. The highest BCUT2D eigenvalue weighted by atomic mass is 16.5. The standard InChI is InChI=1S/C29H37N3O3.C3H8/c1-21(2)28(29(34)31-18-22-10-4-3-5-11-22)32-27(33)17-9-15-25(30)20-35-19-24-14-8-13-23-12-6-7-16-26(23)24;1-3-2/h3-8,10-14,16,21,25,28H,9,15,17-20,30H2,1-2H3,(H,31,34)(H,32,33);3H2,1-2H3/t25-,28?;/m1./s1. The maximum atomic E-state index is 12.6. The molecule has 0 saturated heterocycles. The highest BCUT2D eigenvalue weighted by Crippen LogP contribution is 2.19. The van der Waals surface area contributed by atoms with Crippen LogP contribution in [0.3, 0.4) is 0 Å². The fourth-order valence-corrected chi connectivity index (χ4v) is 4.02. The van der Waals surface area contributed by atoms with Crippen molar-refractivity contribution in [2.24, 2.45) is 11.7 Å². The van der Waals surface area contributed by atoms with E-state index in [0.29, 0.717) is 39.0 Å². The first-order valence-corrected chi connectivity index (χ1v) is 13.8. The van der Waals surface area contributed by atoms with E-state index < -0.39 is 6.04 Å². The molecule has 4 N–H and O–H groups in total. The van der Waals surface area contributed by atoms with Crippen LogP contribution in [0.15, 0.2) is 72.8 Å². The van der Waals surface area contributed by atoms with Gasteiger partial charge >= 0.3 is 0 Å². The molecule has 3 aromatic rings. The van der Waals surface area contributed by atoms with E-state index in [0.717, 1.165) is 11.1 Å². The third-order valence-electron chi connectivity index (χ3n) is 6.02. The number of nitrogens with two attached hydrogens (primary N) is 1. The zero-order chi connectivity index (χ0) is 27.8. The number of carbonyl (C=O) groups excluding carboxylic acids is 2. The van der Waals surface area contributed by atoms with Crippen LogP contribution in [0.5, 0.6) is 0 Å². The van der Waals surface area contributed by atoms with E-state index in [1.807, 2.05) is 62.4 Å². The van der Waals surface area contributed by atoms with Crippen LogP contribution in [-0.2, 0) is 27.5 Å². The van der Waals surface area contributed by atoms with Gasteiger partial charge in [-0.2, -0.15) is 0 Å². The molecular formula is C32H45N3O3. The zero-order valence-corrected chi connectivity index (χ0v) is 23.4. The van der Waals surface area contributed by atoms with Gasteiger partial charge < -0.3 is 21.1 Å². The number of hydrogen-bond donors (Lipinski definition) is 3. The van der Waals surface area contributed by atoms with Crippen molar-refractivity contribution in [1.82, 2.24) is 10.6 Å². The maximum absolute atomic E-state index is 12.6. The lowest BCUT2D eigenvalue weighted by Crippen LogP contribution is -2.49. The van der Waals surface area contributed by atoms with E-state index in [4.69, 9.17) is 10.5 Å². The van der Waals surface area contributed by atoms with E-state index in [-0.39, 0.29) is 23.8 Å². The summed E-state index contributed by atoms with van der Waals surface area (Å²) in [6.07, 6.45) is 2.89. The van der Waals surface area contributed by atoms with Crippen molar-refractivity contribution in [1.29, 1.82) is 0 Å². The Labute approximate surface area is 228 Å². The molecule has 0 aromatic heterocycles. The Kier molecular flexibility index (Phi) is 14.1. The summed E-state index contributed by atoms with van der Waals surface area (Å²) >= 11 is 0. The van der Waals surface area contributed by atoms with E-state index >= 15 is 0 Å². The topological polar surface area (TPSA) is 93.5 Å². The highest BCUT2D eigenvalue weighted by Gasteiger charge is 2.23. The Morgan fingerprint density at radius 1 is 0.921 bits per heavy atom. The van der Waals surface area contributed by atoms with Crippen LogP contribution in [0.2, 0.25) is 0 Å². The number of rotatable bonds is 13. The second-order valence-electron chi connectivity index (χ2n) is 10.0. The summed E-state index contributed by atoms with van der Waals surface area (Å²) in [6.45, 7) is 9.48. The molecule has 3 rings (SSSR count). The van der Waals surface area contributed by atoms with Gasteiger partial charge in [-0.1, -0.05) is 107 Å². The van der Waals surface area contributed by atoms with Gasteiger partial charge in [0, 0.05) is 19.0 Å². The van der Waals surface area contributed by atoms with E-state index in [1.54, 1.807) is 0 Å². The zero-order valence-electron chi connectivity index (χ0n) is 23.4. The number of fused-ring (bicyclic) bond motifs is 1. The number of carbonyl (C=O) groups is 2. The van der Waals surface area contributed by atoms with Crippen LogP contribution in [0, 0.1) is 5.92 Å². The summed E-state index contributed by atoms with van der Waals surface area (Å²) in [5, 5.41) is 8.18. The molecule has 6 heteroatoms. The lowest BCUT2D eigenvalue weighted by molar-refractivity contribution is -0.130. The third kappa shape index (κ3) is 11.0. The predicted molar refractivity (Wildman–Crippen MR) is 156 cm³/mol. The molecule has 2 amide bonds. The molecule has 0 heterocycles. The second kappa shape index (κ2) is 17.3. The summed E-state index contributed by atoms with van der Waals surface area (Å²) in [4.78, 5) is 25.1. The van der Waals surface area contributed by atoms with Crippen molar-refractivity contribution in [2.75, 3.05) is 6.61 Å². The highest BCUT2D eigenvalue weighted by molar-refractivity contribution is 5.88. The number of nitrogens with one attached hydrogen (secondary N) is 2. The smallest absolute Gasteiger partial charge is 0.243 e. The van der Waals surface area contributed by atoms with Gasteiger partial charge in [-0.05, 0) is 40.7 Å². The molecular weight excluding hydrogens is 474 g/mol. The Morgan fingerprint density at radius 3 is 2.29 bits per heavy atom. The van der Waals surface area contributed by atoms with Crippen LogP contribution in [0.25, 0.3) is 10.8 Å². The van der Waals surface area contributed by atoms with Crippen molar-refractivity contribution in [3.8, 4) is 0 Å². The van der Waals surface area contributed by atoms with Crippen molar-refractivity contribution >= 4 is 22.6 Å². The molecule has 0 fully saturated rings. The second-order valence-corrected chi connectivity index (χ2v) is 10.0. The average molecular weight is 520 g/mol. The monoisotopic (exact) mass is 519 g/mol. The van der Waals surface area contributed by atoms with Crippen molar-refractivity contribution in [2.45, 2.75) is 78.6 Å². The molecule has 0 spiro atoms. The van der Waals surface area contributed by atoms with Gasteiger partial charge in [0.05, 0.1) is 13.2 Å². The minimum atomic E-state index is -0.566. The van der Waals surface area contributed by atoms with Gasteiger partial charge in [0.15, 0.2) is 0 Å². The molecule has 2 atom stereocenters. The molecule has 0 aliphatic rings. The first-order chi connectivity index (χ1) is 18.3. The van der Waals surface area contributed by atoms with Gasteiger partial charge in [0.1, 0.15) is 6.04 Å². The first-order valence-electron chi connectivity index (χ1n) is 13.8. The van der Waals surface area contributed by atoms with Crippen LogP contribution in [0.1, 0.15) is 64.5 Å². The maximum Gasteiger partial charge on any atom is 0.243 e. The number of benzene rings is 3. The molecule has 6 nitrogen and oxygen atoms in total. The van der Waals surface area contributed by atoms with Crippen molar-refractivity contribution in [3.63, 3.8) is 0 Å². The molecule has 3 aromatic carbocycles. The summed E-state index contributed by atoms with van der Waals surface area (Å²) in [7, 11) is 0. The van der Waals surface area contributed by atoms with Gasteiger partial charge in [0.25, 0.3) is 0 Å². The summed E-state index contributed by atoms with van der Waals surface area (Å²) in [5.41, 5.74) is 8.37. The molecule has 206 valence electrons. The third-order valence-corrected chi connectivity index (χ3v) is 6.02. The Morgan fingerprint density at radius 2 is 1.58 bits per heavy atom. The Hall–Kier alpha value is -3.22. The molecule has 0 saturated carbocycles. The lowest BCUT2D eigenvalue weighted by atomic mass is 10.0. The fraction of sp³-hybridized carbons (Fsp3) is 0.438. The number of amides is 2. The van der Waals surface area contributed by atoms with Gasteiger partial charge in [-0.3, -0.25) is 9.59 Å². The number of hydrogen-bond acceptors (Lipinski definition) is 4. The Bertz CT molecular complexity index is 1100. The lowest BCUT2D eigenvalue weighted by Gasteiger charge is -2.22. The normalized spacial score (nSPS) is 12.4. The van der Waals surface area contributed by atoms with Gasteiger partial charge in [-0.15, -0.1) is 0 Å². The van der Waals surface area contributed by atoms with Gasteiger partial charge in [0.2, 0.25) is 11.8 Å². The fourth-order valence-electron chi connectivity index (χ4n) is 4.02. The van der Waals surface area contributed by atoms with Crippen LogP contribution < -0.4 is 16.4 Å². The molecule has 0 aliphatic carbocycles. The predicted octanol–water partition coefficient (Wildman–Crippen LogP) is 5.73. The molecule has 0 aliphatic heterocycles. The minimum absolute atomic E-state index is 0.0144. The van der Waals surface area contributed by atoms with E-state index in [1.165, 1.54) is 17.2 Å². The minimum Gasteiger partial charge on any atom is -0.375 e. The summed E-state index contributed by atoms with van der Waals surface area (Å²) < 4.78 is 5.86. The Balaban J connectivity index is 0.00000161. The van der Waals surface area contributed by atoms with Gasteiger partial charge in [-0.25, -0.2) is 0 Å². The molecule has 0 radical (unpaired) electrons. The SMILES string of the molecule is CC(C)C(NC(=O)CCC[C@@H](N)COCc1cccc2ccccc12)C(=O)NCc1ccccc1.CCC. The van der Waals surface area contributed by atoms with Crippen LogP contribution in [-0.4, -0.2) is 30.5 Å². The number of ether oxygens (including phenoxy) is 1. The molecule has 38 heavy (non-hydrogen) atoms. The van der Waals surface area contributed by atoms with E-state index in [2.05, 4.69) is 48.7 Å². The summed E-state index contributed by atoms with van der Waals surface area (Å²) in [6, 6.07) is 23.4. The van der Waals surface area contributed by atoms with Crippen molar-refractivity contribution < 1.29 is 14.3 Å². The van der Waals surface area contributed by atoms with Crippen molar-refractivity contribution in [3.05, 3.63) is 83.9 Å². The van der Waals surface area contributed by atoms with Crippen LogP contribution in [0.4, 0.5) is 0 Å². The van der Waals surface area contributed by atoms with Crippen LogP contribution >= 0.6 is 0 Å². The molecule has 0 bridgehead atoms. The molecule has 1 unspecified atom stereocenters. The van der Waals surface area contributed by atoms with E-state index in [9.17, 15) is 9.59 Å². The largest absolute Gasteiger partial charge is 0.375 e. The average Bonchev–Trinajstić information content (AvgIpc) is 2.91. The summed E-state index contributed by atoms with van der Waals surface area (Å²) in [5.74, 6) is -0.322. The quantitative estimate of drug-likeness (QED) is 0.269.